The van der Waals surface area contributed by atoms with E-state index in [1.54, 1.807) is 0 Å². The van der Waals surface area contributed by atoms with Crippen LogP contribution in [0.2, 0.25) is 5.02 Å². The van der Waals surface area contributed by atoms with Gasteiger partial charge in [0.1, 0.15) is 11.3 Å². The maximum Gasteiger partial charge on any atom is 0.134 e. The van der Waals surface area contributed by atoms with E-state index in [4.69, 9.17) is 16.0 Å². The molecule has 1 heterocycles. The van der Waals surface area contributed by atoms with Crippen LogP contribution in [0.4, 0.5) is 5.69 Å². The number of hydrogen-bond donors (Lipinski definition) is 1. The van der Waals surface area contributed by atoms with Crippen molar-refractivity contribution in [1.29, 1.82) is 0 Å². The third-order valence-corrected chi connectivity index (χ3v) is 4.64. The van der Waals surface area contributed by atoms with Gasteiger partial charge in [0.25, 0.3) is 0 Å². The standard InChI is InChI=1S/C16H12Br2ClNO/c1-9(20-14-8-12(19)3-4-13(14)18)16-7-10-6-11(17)2-5-15(10)21-16/h2-9,20H,1H3. The van der Waals surface area contributed by atoms with Gasteiger partial charge in [0.05, 0.1) is 11.7 Å². The fourth-order valence-electron chi connectivity index (χ4n) is 2.16. The van der Waals surface area contributed by atoms with E-state index in [0.29, 0.717) is 5.02 Å². The number of rotatable bonds is 3. The number of furan rings is 1. The van der Waals surface area contributed by atoms with E-state index in [0.717, 1.165) is 31.4 Å². The average Bonchev–Trinajstić information content (AvgIpc) is 2.86. The minimum Gasteiger partial charge on any atom is -0.459 e. The van der Waals surface area contributed by atoms with Crippen molar-refractivity contribution in [1.82, 2.24) is 0 Å². The normalized spacial score (nSPS) is 12.6. The molecule has 2 nitrogen and oxygen atoms in total. The summed E-state index contributed by atoms with van der Waals surface area (Å²) in [5.74, 6) is 0.884. The monoisotopic (exact) mass is 427 g/mol. The van der Waals surface area contributed by atoms with Crippen molar-refractivity contribution in [2.45, 2.75) is 13.0 Å². The van der Waals surface area contributed by atoms with Crippen LogP contribution in [0.1, 0.15) is 18.7 Å². The molecule has 1 aromatic heterocycles. The molecule has 0 aliphatic rings. The van der Waals surface area contributed by atoms with Crippen molar-refractivity contribution in [3.05, 3.63) is 62.2 Å². The number of hydrogen-bond acceptors (Lipinski definition) is 2. The smallest absolute Gasteiger partial charge is 0.134 e. The van der Waals surface area contributed by atoms with Gasteiger partial charge < -0.3 is 9.73 Å². The van der Waals surface area contributed by atoms with Gasteiger partial charge in [-0.2, -0.15) is 0 Å². The summed E-state index contributed by atoms with van der Waals surface area (Å²) in [5.41, 5.74) is 1.82. The molecule has 0 saturated carbocycles. The molecule has 0 fully saturated rings. The van der Waals surface area contributed by atoms with Crippen molar-refractivity contribution in [2.75, 3.05) is 5.32 Å². The Morgan fingerprint density at radius 3 is 2.71 bits per heavy atom. The zero-order chi connectivity index (χ0) is 15.0. The van der Waals surface area contributed by atoms with Crippen LogP contribution in [0.3, 0.4) is 0 Å². The van der Waals surface area contributed by atoms with Gasteiger partial charge in [0, 0.05) is 19.4 Å². The van der Waals surface area contributed by atoms with Crippen molar-refractivity contribution >= 4 is 60.1 Å². The number of anilines is 1. The Hall–Kier alpha value is -0.970. The third kappa shape index (κ3) is 3.28. The van der Waals surface area contributed by atoms with E-state index in [9.17, 15) is 0 Å². The van der Waals surface area contributed by atoms with Crippen LogP contribution in [0, 0.1) is 0 Å². The van der Waals surface area contributed by atoms with Crippen LogP contribution in [0.5, 0.6) is 0 Å². The number of nitrogens with one attached hydrogen (secondary N) is 1. The Labute approximate surface area is 144 Å². The zero-order valence-corrected chi connectivity index (χ0v) is 15.1. The summed E-state index contributed by atoms with van der Waals surface area (Å²) < 4.78 is 7.91. The van der Waals surface area contributed by atoms with Crippen molar-refractivity contribution in [3.63, 3.8) is 0 Å². The van der Waals surface area contributed by atoms with E-state index in [1.165, 1.54) is 0 Å². The van der Waals surface area contributed by atoms with Gasteiger partial charge in [-0.05, 0) is 65.3 Å². The molecule has 0 saturated heterocycles. The molecule has 2 aromatic carbocycles. The van der Waals surface area contributed by atoms with E-state index in [1.807, 2.05) is 36.4 Å². The summed E-state index contributed by atoms with van der Waals surface area (Å²) in [6.45, 7) is 2.06. The van der Waals surface area contributed by atoms with E-state index in [2.05, 4.69) is 50.2 Å². The third-order valence-electron chi connectivity index (χ3n) is 3.22. The minimum atomic E-state index is 0.0333. The predicted molar refractivity (Wildman–Crippen MR) is 95.1 cm³/mol. The number of fused-ring (bicyclic) bond motifs is 1. The highest BCUT2D eigenvalue weighted by atomic mass is 79.9. The maximum absolute atomic E-state index is 6.04. The highest BCUT2D eigenvalue weighted by Crippen LogP contribution is 2.32. The van der Waals surface area contributed by atoms with Crippen LogP contribution in [-0.4, -0.2) is 0 Å². The van der Waals surface area contributed by atoms with Crippen LogP contribution in [0.15, 0.2) is 55.8 Å². The van der Waals surface area contributed by atoms with Gasteiger partial charge in [-0.25, -0.2) is 0 Å². The Morgan fingerprint density at radius 1 is 1.10 bits per heavy atom. The van der Waals surface area contributed by atoms with Crippen LogP contribution in [0.25, 0.3) is 11.0 Å². The first kappa shape index (κ1) is 14.9. The van der Waals surface area contributed by atoms with Crippen molar-refractivity contribution in [2.24, 2.45) is 0 Å². The molecule has 5 heteroatoms. The molecule has 1 unspecified atom stereocenters. The fraction of sp³-hybridized carbons (Fsp3) is 0.125. The number of benzene rings is 2. The second-order valence-electron chi connectivity index (χ2n) is 4.82. The minimum absolute atomic E-state index is 0.0333. The van der Waals surface area contributed by atoms with Crippen molar-refractivity contribution in [3.8, 4) is 0 Å². The van der Waals surface area contributed by atoms with Gasteiger partial charge in [-0.1, -0.05) is 27.5 Å². The second-order valence-corrected chi connectivity index (χ2v) is 7.03. The highest BCUT2D eigenvalue weighted by Gasteiger charge is 2.13. The topological polar surface area (TPSA) is 25.2 Å². The lowest BCUT2D eigenvalue weighted by atomic mass is 10.2. The van der Waals surface area contributed by atoms with Gasteiger partial charge in [0.2, 0.25) is 0 Å². The maximum atomic E-state index is 6.04. The lowest BCUT2D eigenvalue weighted by molar-refractivity contribution is 0.526. The van der Waals surface area contributed by atoms with Crippen LogP contribution in [-0.2, 0) is 0 Å². The Bertz CT molecular complexity index is 800. The number of halogens is 3. The summed E-state index contributed by atoms with van der Waals surface area (Å²) in [6, 6.07) is 13.7. The average molecular weight is 430 g/mol. The molecule has 1 atom stereocenters. The molecule has 0 aliphatic carbocycles. The second kappa shape index (κ2) is 6.03. The molecule has 0 radical (unpaired) electrons. The van der Waals surface area contributed by atoms with Gasteiger partial charge in [0.15, 0.2) is 0 Å². The molecular formula is C16H12Br2ClNO. The molecular weight excluding hydrogens is 417 g/mol. The molecule has 3 rings (SSSR count). The van der Waals surface area contributed by atoms with Crippen LogP contribution < -0.4 is 5.32 Å². The van der Waals surface area contributed by atoms with Gasteiger partial charge >= 0.3 is 0 Å². The Kier molecular flexibility index (Phi) is 4.29. The summed E-state index contributed by atoms with van der Waals surface area (Å²) >= 11 is 13.0. The summed E-state index contributed by atoms with van der Waals surface area (Å²) in [6.07, 6.45) is 0. The molecule has 1 N–H and O–H groups in total. The molecule has 0 spiro atoms. The first-order valence-corrected chi connectivity index (χ1v) is 8.40. The summed E-state index contributed by atoms with van der Waals surface area (Å²) in [4.78, 5) is 0. The van der Waals surface area contributed by atoms with Gasteiger partial charge in [-0.15, -0.1) is 0 Å². The SMILES string of the molecule is CC(Nc1cc(Cl)ccc1Br)c1cc2cc(Br)ccc2o1. The summed E-state index contributed by atoms with van der Waals surface area (Å²) in [5, 5.41) is 5.18. The predicted octanol–water partition coefficient (Wildman–Crippen LogP) is 6.78. The van der Waals surface area contributed by atoms with Crippen LogP contribution >= 0.6 is 43.5 Å². The zero-order valence-electron chi connectivity index (χ0n) is 11.2. The Balaban J connectivity index is 1.89. The first-order valence-electron chi connectivity index (χ1n) is 6.43. The Morgan fingerprint density at radius 2 is 1.90 bits per heavy atom. The quantitative estimate of drug-likeness (QED) is 0.496. The lowest BCUT2D eigenvalue weighted by Gasteiger charge is -2.14. The molecule has 0 bridgehead atoms. The van der Waals surface area contributed by atoms with E-state index >= 15 is 0 Å². The first-order chi connectivity index (χ1) is 10.0. The summed E-state index contributed by atoms with van der Waals surface area (Å²) in [7, 11) is 0. The highest BCUT2D eigenvalue weighted by molar-refractivity contribution is 9.10. The molecule has 21 heavy (non-hydrogen) atoms. The largest absolute Gasteiger partial charge is 0.459 e. The molecule has 108 valence electrons. The molecule has 0 aliphatic heterocycles. The lowest BCUT2D eigenvalue weighted by Crippen LogP contribution is -2.05. The fourth-order valence-corrected chi connectivity index (χ4v) is 3.07. The molecule has 0 amide bonds. The van der Waals surface area contributed by atoms with E-state index < -0.39 is 0 Å². The van der Waals surface area contributed by atoms with E-state index in [-0.39, 0.29) is 6.04 Å². The molecule has 3 aromatic rings. The van der Waals surface area contributed by atoms with Gasteiger partial charge in [-0.3, -0.25) is 0 Å². The van der Waals surface area contributed by atoms with Crippen molar-refractivity contribution < 1.29 is 4.42 Å².